The number of benzene rings is 2. The van der Waals surface area contributed by atoms with Crippen LogP contribution in [-0.2, 0) is 16.6 Å². The van der Waals surface area contributed by atoms with E-state index in [1.54, 1.807) is 36.7 Å². The van der Waals surface area contributed by atoms with Crippen molar-refractivity contribution in [1.29, 1.82) is 0 Å². The summed E-state index contributed by atoms with van der Waals surface area (Å²) in [5.41, 5.74) is 3.61. The van der Waals surface area contributed by atoms with E-state index >= 15 is 0 Å². The number of hydrogen-bond acceptors (Lipinski definition) is 4. The van der Waals surface area contributed by atoms with Crippen molar-refractivity contribution in [3.8, 4) is 0 Å². The van der Waals surface area contributed by atoms with Crippen LogP contribution >= 0.6 is 0 Å². The second-order valence-corrected chi connectivity index (χ2v) is 8.30. The van der Waals surface area contributed by atoms with Crippen LogP contribution in [0, 0.1) is 0 Å². The van der Waals surface area contributed by atoms with E-state index in [0.717, 1.165) is 16.8 Å². The maximum atomic E-state index is 12.5. The Morgan fingerprint density at radius 3 is 2.19 bits per heavy atom. The third kappa shape index (κ3) is 5.08. The summed E-state index contributed by atoms with van der Waals surface area (Å²) in [5.74, 6) is 0.362. The van der Waals surface area contributed by atoms with Crippen LogP contribution in [0.5, 0.6) is 0 Å². The zero-order chi connectivity index (χ0) is 19.3. The van der Waals surface area contributed by atoms with Crippen molar-refractivity contribution in [3.63, 3.8) is 0 Å². The summed E-state index contributed by atoms with van der Waals surface area (Å²) in [6.07, 6.45) is 3.54. The molecule has 5 nitrogen and oxygen atoms in total. The van der Waals surface area contributed by atoms with Crippen LogP contribution in [-0.4, -0.2) is 13.4 Å². The minimum Gasteiger partial charge on any atom is -0.381 e. The Hall–Kier alpha value is -2.86. The topological polar surface area (TPSA) is 71.1 Å². The van der Waals surface area contributed by atoms with Gasteiger partial charge >= 0.3 is 0 Å². The highest BCUT2D eigenvalue weighted by Crippen LogP contribution is 2.21. The molecule has 1 heterocycles. The van der Waals surface area contributed by atoms with E-state index in [0.29, 0.717) is 18.2 Å². The van der Waals surface area contributed by atoms with E-state index in [1.165, 1.54) is 0 Å². The van der Waals surface area contributed by atoms with E-state index in [9.17, 15) is 8.42 Å². The molecular weight excluding hydrogens is 358 g/mol. The largest absolute Gasteiger partial charge is 0.381 e. The smallest absolute Gasteiger partial charge is 0.261 e. The summed E-state index contributed by atoms with van der Waals surface area (Å²) in [7, 11) is -3.60. The van der Waals surface area contributed by atoms with Crippen molar-refractivity contribution in [2.75, 3.05) is 10.0 Å². The van der Waals surface area contributed by atoms with Crippen LogP contribution in [0.1, 0.15) is 30.9 Å². The van der Waals surface area contributed by atoms with Crippen molar-refractivity contribution < 1.29 is 8.42 Å². The zero-order valence-corrected chi connectivity index (χ0v) is 16.2. The third-order valence-corrected chi connectivity index (χ3v) is 5.61. The highest BCUT2D eigenvalue weighted by atomic mass is 32.2. The van der Waals surface area contributed by atoms with Crippen molar-refractivity contribution in [2.45, 2.75) is 31.2 Å². The molecule has 0 aliphatic rings. The second-order valence-electron chi connectivity index (χ2n) is 6.62. The van der Waals surface area contributed by atoms with Crippen molar-refractivity contribution >= 4 is 21.4 Å². The highest BCUT2D eigenvalue weighted by molar-refractivity contribution is 7.92. The monoisotopic (exact) mass is 381 g/mol. The number of sulfonamides is 1. The normalized spacial score (nSPS) is 11.4. The summed E-state index contributed by atoms with van der Waals surface area (Å²) in [6.45, 7) is 4.80. The van der Waals surface area contributed by atoms with Gasteiger partial charge in [-0.25, -0.2) is 8.42 Å². The number of nitrogens with one attached hydrogen (secondary N) is 2. The second kappa shape index (κ2) is 8.22. The van der Waals surface area contributed by atoms with Gasteiger partial charge < -0.3 is 5.32 Å². The van der Waals surface area contributed by atoms with E-state index in [1.807, 2.05) is 36.4 Å². The fourth-order valence-corrected chi connectivity index (χ4v) is 3.67. The van der Waals surface area contributed by atoms with Gasteiger partial charge in [0.1, 0.15) is 0 Å². The van der Waals surface area contributed by atoms with Gasteiger partial charge in [0.25, 0.3) is 10.0 Å². The average molecular weight is 382 g/mol. The van der Waals surface area contributed by atoms with Crippen molar-refractivity contribution in [3.05, 3.63) is 84.2 Å². The molecular formula is C21H23N3O2S. The molecule has 1 aromatic heterocycles. The molecule has 0 aliphatic heterocycles. The molecule has 2 aromatic carbocycles. The maximum absolute atomic E-state index is 12.5. The molecule has 27 heavy (non-hydrogen) atoms. The third-order valence-electron chi connectivity index (χ3n) is 4.21. The van der Waals surface area contributed by atoms with Gasteiger partial charge in [-0.1, -0.05) is 32.0 Å². The molecule has 0 radical (unpaired) electrons. The molecule has 0 saturated heterocycles. The summed E-state index contributed by atoms with van der Waals surface area (Å²) < 4.78 is 27.7. The Bertz CT molecular complexity index is 968. The first-order chi connectivity index (χ1) is 12.9. The predicted molar refractivity (Wildman–Crippen MR) is 109 cm³/mol. The van der Waals surface area contributed by atoms with E-state index < -0.39 is 10.0 Å². The minimum absolute atomic E-state index is 0.255. The molecule has 0 saturated carbocycles. The Labute approximate surface area is 160 Å². The van der Waals surface area contributed by atoms with E-state index in [-0.39, 0.29) is 4.90 Å². The molecule has 6 heteroatoms. The van der Waals surface area contributed by atoms with Crippen LogP contribution in [0.15, 0.2) is 78.0 Å². The molecule has 0 amide bonds. The number of nitrogens with zero attached hydrogens (tertiary/aromatic N) is 1. The number of pyridine rings is 1. The van der Waals surface area contributed by atoms with E-state index in [2.05, 4.69) is 28.9 Å². The van der Waals surface area contributed by atoms with Crippen LogP contribution in [0.25, 0.3) is 0 Å². The Balaban J connectivity index is 1.64. The van der Waals surface area contributed by atoms with Crippen LogP contribution in [0.2, 0.25) is 0 Å². The molecule has 0 atom stereocenters. The van der Waals surface area contributed by atoms with Crippen LogP contribution in [0.3, 0.4) is 0 Å². The van der Waals surface area contributed by atoms with Gasteiger partial charge in [-0.3, -0.25) is 9.71 Å². The Morgan fingerprint density at radius 2 is 1.59 bits per heavy atom. The molecule has 140 valence electrons. The average Bonchev–Trinajstić information content (AvgIpc) is 2.68. The first kappa shape index (κ1) is 18.9. The van der Waals surface area contributed by atoms with Gasteiger partial charge in [0.15, 0.2) is 0 Å². The van der Waals surface area contributed by atoms with Crippen LogP contribution in [0.4, 0.5) is 11.4 Å². The van der Waals surface area contributed by atoms with Gasteiger partial charge in [-0.05, 0) is 59.5 Å². The van der Waals surface area contributed by atoms with Gasteiger partial charge in [-0.15, -0.1) is 0 Å². The Morgan fingerprint density at radius 1 is 0.926 bits per heavy atom. The van der Waals surface area contributed by atoms with Crippen molar-refractivity contribution in [1.82, 2.24) is 4.98 Å². The molecule has 0 bridgehead atoms. The van der Waals surface area contributed by atoms with Gasteiger partial charge in [-0.2, -0.15) is 0 Å². The molecule has 3 rings (SSSR count). The lowest BCUT2D eigenvalue weighted by Crippen LogP contribution is -2.13. The molecule has 0 aliphatic carbocycles. The fraction of sp³-hybridized carbons (Fsp3) is 0.190. The van der Waals surface area contributed by atoms with Gasteiger partial charge in [0.2, 0.25) is 0 Å². The molecule has 3 aromatic rings. The van der Waals surface area contributed by atoms with Crippen LogP contribution < -0.4 is 10.0 Å². The lowest BCUT2D eigenvalue weighted by molar-refractivity contribution is 0.601. The number of hydrogen-bond donors (Lipinski definition) is 2. The summed E-state index contributed by atoms with van der Waals surface area (Å²) in [4.78, 5) is 4.33. The Kier molecular flexibility index (Phi) is 5.76. The lowest BCUT2D eigenvalue weighted by Gasteiger charge is -2.11. The lowest BCUT2D eigenvalue weighted by atomic mass is 10.0. The molecule has 0 unspecified atom stereocenters. The summed E-state index contributed by atoms with van der Waals surface area (Å²) in [5, 5.41) is 3.28. The number of aromatic nitrogens is 1. The maximum Gasteiger partial charge on any atom is 0.261 e. The molecule has 2 N–H and O–H groups in total. The van der Waals surface area contributed by atoms with Gasteiger partial charge in [0, 0.05) is 30.3 Å². The predicted octanol–water partition coefficient (Wildman–Crippen LogP) is 4.62. The zero-order valence-electron chi connectivity index (χ0n) is 15.4. The standard InChI is InChI=1S/C21H23N3O2S/c1-16(2)18-5-11-21(12-6-18)27(25,26)24-20-9-7-19(8-10-20)23-15-17-4-3-13-22-14-17/h3-14,16,23-24H,15H2,1-2H3. The minimum atomic E-state index is -3.60. The quantitative estimate of drug-likeness (QED) is 0.626. The summed E-state index contributed by atoms with van der Waals surface area (Å²) in [6, 6.07) is 18.0. The van der Waals surface area contributed by atoms with E-state index in [4.69, 9.17) is 0 Å². The molecule has 0 spiro atoms. The number of anilines is 2. The molecule has 0 fully saturated rings. The fourth-order valence-electron chi connectivity index (χ4n) is 2.61. The first-order valence-corrected chi connectivity index (χ1v) is 10.3. The first-order valence-electron chi connectivity index (χ1n) is 8.80. The van der Waals surface area contributed by atoms with Crippen molar-refractivity contribution in [2.24, 2.45) is 0 Å². The summed E-state index contributed by atoms with van der Waals surface area (Å²) >= 11 is 0. The highest BCUT2D eigenvalue weighted by Gasteiger charge is 2.14. The SMILES string of the molecule is CC(C)c1ccc(S(=O)(=O)Nc2ccc(NCc3cccnc3)cc2)cc1. The van der Waals surface area contributed by atoms with Gasteiger partial charge in [0.05, 0.1) is 4.90 Å². The number of rotatable bonds is 7.